The highest BCUT2D eigenvalue weighted by atomic mass is 127. The molecule has 1 rings (SSSR count). The van der Waals surface area contributed by atoms with Gasteiger partial charge in [-0.3, -0.25) is 10.1 Å². The van der Waals surface area contributed by atoms with Crippen LogP contribution in [0, 0.1) is 13.7 Å². The van der Waals surface area contributed by atoms with Gasteiger partial charge in [-0.05, 0) is 40.8 Å². The van der Waals surface area contributed by atoms with Gasteiger partial charge in [-0.1, -0.05) is 0 Å². The largest absolute Gasteiger partial charge is 0.478 e. The van der Waals surface area contributed by atoms with Crippen molar-refractivity contribution in [1.29, 1.82) is 0 Å². The summed E-state index contributed by atoms with van der Waals surface area (Å²) in [6.07, 6.45) is 0. The zero-order chi connectivity index (χ0) is 10.7. The van der Waals surface area contributed by atoms with Crippen LogP contribution in [-0.2, 0) is 6.54 Å². The van der Waals surface area contributed by atoms with Crippen molar-refractivity contribution in [2.24, 2.45) is 0 Å². The molecule has 1 N–H and O–H groups in total. The first-order valence-corrected chi connectivity index (χ1v) is 4.71. The highest BCUT2D eigenvalue weighted by molar-refractivity contribution is 14.1. The highest BCUT2D eigenvalue weighted by Crippen LogP contribution is 2.13. The number of hydrogen-bond donors (Lipinski definition) is 1. The van der Waals surface area contributed by atoms with Crippen LogP contribution in [0.25, 0.3) is 0 Å². The molecule has 0 aliphatic rings. The zero-order valence-corrected chi connectivity index (χ0v) is 9.09. The summed E-state index contributed by atoms with van der Waals surface area (Å²) in [5.74, 6) is -1.08. The van der Waals surface area contributed by atoms with Gasteiger partial charge in [0.2, 0.25) is 6.54 Å². The summed E-state index contributed by atoms with van der Waals surface area (Å²) in [7, 11) is 0. The van der Waals surface area contributed by atoms with Crippen molar-refractivity contribution in [2.75, 3.05) is 0 Å². The Hall–Kier alpha value is -1.18. The highest BCUT2D eigenvalue weighted by Gasteiger charge is 2.08. The molecule has 0 unspecified atom stereocenters. The number of carboxylic acids is 1. The molecule has 0 aliphatic heterocycles. The molecule has 1 aromatic carbocycles. The third-order valence-corrected chi connectivity index (χ3v) is 2.14. The lowest BCUT2D eigenvalue weighted by Crippen LogP contribution is -2.02. The van der Waals surface area contributed by atoms with Gasteiger partial charge in [0, 0.05) is 14.1 Å². The van der Waals surface area contributed by atoms with Crippen molar-refractivity contribution in [3.05, 3.63) is 43.0 Å². The molecule has 1 aromatic rings. The predicted octanol–water partition coefficient (Wildman–Crippen LogP) is 1.77. The number of benzene rings is 1. The molecule has 0 aliphatic carbocycles. The number of rotatable bonds is 3. The Morgan fingerprint density at radius 2 is 2.14 bits per heavy atom. The van der Waals surface area contributed by atoms with Gasteiger partial charge in [-0.25, -0.2) is 4.79 Å². The number of halogens is 1. The first-order valence-electron chi connectivity index (χ1n) is 3.63. The lowest BCUT2D eigenvalue weighted by Gasteiger charge is -1.99. The molecular weight excluding hydrogens is 301 g/mol. The van der Waals surface area contributed by atoms with Gasteiger partial charge < -0.3 is 5.11 Å². The van der Waals surface area contributed by atoms with E-state index in [0.29, 0.717) is 9.13 Å². The van der Waals surface area contributed by atoms with Crippen LogP contribution in [0.1, 0.15) is 15.9 Å². The lowest BCUT2D eigenvalue weighted by atomic mass is 10.1. The number of carboxylic acid groups (broad SMARTS) is 1. The molecular formula is C8H6INO4. The minimum Gasteiger partial charge on any atom is -0.478 e. The monoisotopic (exact) mass is 307 g/mol. The van der Waals surface area contributed by atoms with Crippen molar-refractivity contribution < 1.29 is 14.8 Å². The van der Waals surface area contributed by atoms with E-state index in [4.69, 9.17) is 5.11 Å². The lowest BCUT2D eigenvalue weighted by molar-refractivity contribution is -0.496. The average molecular weight is 307 g/mol. The van der Waals surface area contributed by atoms with Gasteiger partial charge in [0.15, 0.2) is 0 Å². The molecule has 0 heterocycles. The van der Waals surface area contributed by atoms with E-state index in [0.717, 1.165) is 0 Å². The molecule has 0 amide bonds. The van der Waals surface area contributed by atoms with E-state index in [1.54, 1.807) is 6.07 Å². The average Bonchev–Trinajstić information content (AvgIpc) is 2.01. The molecule has 0 aromatic heterocycles. The molecule has 14 heavy (non-hydrogen) atoms. The Kier molecular flexibility index (Phi) is 3.39. The van der Waals surface area contributed by atoms with Gasteiger partial charge in [0.25, 0.3) is 0 Å². The van der Waals surface area contributed by atoms with Crippen molar-refractivity contribution in [3.63, 3.8) is 0 Å². The number of nitrogens with zero attached hydrogens (tertiary/aromatic N) is 1. The van der Waals surface area contributed by atoms with Crippen LogP contribution in [-0.4, -0.2) is 16.0 Å². The van der Waals surface area contributed by atoms with E-state index in [9.17, 15) is 14.9 Å². The Bertz CT molecular complexity index is 391. The molecule has 5 nitrogen and oxygen atoms in total. The standard InChI is InChI=1S/C8H6INO4/c9-7-2-5(4-10(13)14)1-6(3-7)8(11)12/h1-3H,4H2,(H,11,12). The molecule has 0 bridgehead atoms. The van der Waals surface area contributed by atoms with Crippen molar-refractivity contribution in [1.82, 2.24) is 0 Å². The Morgan fingerprint density at radius 1 is 1.50 bits per heavy atom. The van der Waals surface area contributed by atoms with Crippen LogP contribution in [0.5, 0.6) is 0 Å². The van der Waals surface area contributed by atoms with Gasteiger partial charge in [0.1, 0.15) is 0 Å². The Labute approximate surface area is 93.0 Å². The molecule has 0 fully saturated rings. The Balaban J connectivity index is 3.07. The normalized spacial score (nSPS) is 9.79. The second-order valence-corrected chi connectivity index (χ2v) is 3.89. The minimum absolute atomic E-state index is 0.0775. The predicted molar refractivity (Wildman–Crippen MR) is 56.8 cm³/mol. The molecule has 6 heteroatoms. The van der Waals surface area contributed by atoms with Gasteiger partial charge in [-0.2, -0.15) is 0 Å². The van der Waals surface area contributed by atoms with Gasteiger partial charge >= 0.3 is 5.97 Å². The summed E-state index contributed by atoms with van der Waals surface area (Å²) in [6, 6.07) is 4.37. The van der Waals surface area contributed by atoms with Gasteiger partial charge in [-0.15, -0.1) is 0 Å². The van der Waals surface area contributed by atoms with Crippen molar-refractivity contribution in [2.45, 2.75) is 6.54 Å². The Morgan fingerprint density at radius 3 is 2.64 bits per heavy atom. The fourth-order valence-corrected chi connectivity index (χ4v) is 1.75. The van der Waals surface area contributed by atoms with E-state index < -0.39 is 10.9 Å². The minimum atomic E-state index is -1.08. The number of hydrogen-bond acceptors (Lipinski definition) is 3. The summed E-state index contributed by atoms with van der Waals surface area (Å²) in [6.45, 7) is -0.350. The van der Waals surface area contributed by atoms with E-state index >= 15 is 0 Å². The van der Waals surface area contributed by atoms with E-state index in [2.05, 4.69) is 0 Å². The van der Waals surface area contributed by atoms with Crippen LogP contribution in [0.15, 0.2) is 18.2 Å². The van der Waals surface area contributed by atoms with E-state index in [1.165, 1.54) is 12.1 Å². The van der Waals surface area contributed by atoms with Gasteiger partial charge in [0.05, 0.1) is 5.56 Å². The number of carbonyl (C=O) groups is 1. The van der Waals surface area contributed by atoms with Crippen molar-refractivity contribution >= 4 is 28.6 Å². The fraction of sp³-hybridized carbons (Fsp3) is 0.125. The number of aromatic carboxylic acids is 1. The molecule has 0 saturated carbocycles. The van der Waals surface area contributed by atoms with Crippen LogP contribution in [0.2, 0.25) is 0 Å². The third-order valence-electron chi connectivity index (χ3n) is 1.52. The van der Waals surface area contributed by atoms with Crippen molar-refractivity contribution in [3.8, 4) is 0 Å². The van der Waals surface area contributed by atoms with Crippen LogP contribution in [0.4, 0.5) is 0 Å². The third kappa shape index (κ3) is 2.95. The summed E-state index contributed by atoms with van der Waals surface area (Å²) >= 11 is 1.93. The summed E-state index contributed by atoms with van der Waals surface area (Å²) < 4.78 is 0.680. The summed E-state index contributed by atoms with van der Waals surface area (Å²) in [4.78, 5) is 20.3. The second kappa shape index (κ2) is 4.36. The van der Waals surface area contributed by atoms with Crippen LogP contribution < -0.4 is 0 Å². The molecule has 74 valence electrons. The number of nitro groups is 1. The zero-order valence-electron chi connectivity index (χ0n) is 6.94. The fourth-order valence-electron chi connectivity index (χ4n) is 1.01. The van der Waals surface area contributed by atoms with E-state index in [-0.39, 0.29) is 12.1 Å². The topological polar surface area (TPSA) is 80.4 Å². The quantitative estimate of drug-likeness (QED) is 0.524. The maximum absolute atomic E-state index is 10.6. The van der Waals surface area contributed by atoms with Crippen LogP contribution >= 0.6 is 22.6 Å². The van der Waals surface area contributed by atoms with Crippen LogP contribution in [0.3, 0.4) is 0 Å². The summed E-state index contributed by atoms with van der Waals surface area (Å²) in [5.41, 5.74) is 0.480. The maximum Gasteiger partial charge on any atom is 0.335 e. The summed E-state index contributed by atoms with van der Waals surface area (Å²) in [5, 5.41) is 18.9. The molecule has 0 atom stereocenters. The molecule has 0 radical (unpaired) electrons. The smallest absolute Gasteiger partial charge is 0.335 e. The SMILES string of the molecule is O=C(O)c1cc(I)cc(C[N+](=O)[O-])c1. The van der Waals surface area contributed by atoms with E-state index in [1.807, 2.05) is 22.6 Å². The first kappa shape index (κ1) is 10.9. The first-order chi connectivity index (χ1) is 6.49. The second-order valence-electron chi connectivity index (χ2n) is 2.64. The molecule has 0 spiro atoms. The molecule has 0 saturated heterocycles. The maximum atomic E-state index is 10.6.